The summed E-state index contributed by atoms with van der Waals surface area (Å²) in [7, 11) is 1.83. The number of rotatable bonds is 12. The van der Waals surface area contributed by atoms with Crippen molar-refractivity contribution in [3.05, 3.63) is 70.8 Å². The molecule has 0 radical (unpaired) electrons. The van der Waals surface area contributed by atoms with Crippen molar-refractivity contribution in [1.82, 2.24) is 0 Å². The first kappa shape index (κ1) is 25.8. The number of benzene rings is 2. The standard InChI is InChI=1S/C27H42O3Si/c1-27(2,3)31(6,7)30-17-9-8-16-26(24-14-10-12-22(18-24)20-28-4)25-15-11-13-23(19-25)21-29-5/h10-15,18-19,26H,8-9,16-17,20-21H2,1-7H3. The maximum Gasteiger partial charge on any atom is 0.191 e. The van der Waals surface area contributed by atoms with E-state index >= 15 is 0 Å². The van der Waals surface area contributed by atoms with Crippen LogP contribution in [-0.4, -0.2) is 29.1 Å². The zero-order chi connectivity index (χ0) is 22.9. The van der Waals surface area contributed by atoms with Crippen molar-refractivity contribution in [2.75, 3.05) is 20.8 Å². The van der Waals surface area contributed by atoms with Gasteiger partial charge in [0.05, 0.1) is 13.2 Å². The van der Waals surface area contributed by atoms with Gasteiger partial charge in [-0.15, -0.1) is 0 Å². The molecule has 2 aromatic carbocycles. The Morgan fingerprint density at radius 1 is 0.806 bits per heavy atom. The van der Waals surface area contributed by atoms with Crippen LogP contribution in [-0.2, 0) is 27.1 Å². The van der Waals surface area contributed by atoms with Crippen molar-refractivity contribution in [2.24, 2.45) is 0 Å². The van der Waals surface area contributed by atoms with Crippen molar-refractivity contribution in [3.63, 3.8) is 0 Å². The lowest BCUT2D eigenvalue weighted by molar-refractivity contribution is 0.184. The van der Waals surface area contributed by atoms with E-state index in [1.807, 2.05) is 0 Å². The van der Waals surface area contributed by atoms with Crippen LogP contribution in [0.1, 0.15) is 68.2 Å². The van der Waals surface area contributed by atoms with Crippen LogP contribution in [0.5, 0.6) is 0 Å². The van der Waals surface area contributed by atoms with E-state index in [1.54, 1.807) is 14.2 Å². The summed E-state index contributed by atoms with van der Waals surface area (Å²) in [6, 6.07) is 17.7. The number of hydrogen-bond donors (Lipinski definition) is 0. The molecular weight excluding hydrogens is 400 g/mol. The van der Waals surface area contributed by atoms with Crippen LogP contribution in [0.15, 0.2) is 48.5 Å². The SMILES string of the molecule is COCc1cccc(C(CCCCO[Si](C)(C)C(C)(C)C)c2cccc(COC)c2)c1. The first-order valence-corrected chi connectivity index (χ1v) is 14.4. The molecule has 0 aromatic heterocycles. The molecule has 4 heteroatoms. The third kappa shape index (κ3) is 7.87. The molecule has 0 N–H and O–H groups in total. The Labute approximate surface area is 191 Å². The third-order valence-corrected chi connectivity index (χ3v) is 11.0. The molecule has 172 valence electrons. The van der Waals surface area contributed by atoms with Gasteiger partial charge in [-0.2, -0.15) is 0 Å². The quantitative estimate of drug-likeness (QED) is 0.255. The number of methoxy groups -OCH3 is 2. The minimum atomic E-state index is -1.67. The van der Waals surface area contributed by atoms with Gasteiger partial charge in [0.25, 0.3) is 0 Å². The smallest absolute Gasteiger partial charge is 0.191 e. The van der Waals surface area contributed by atoms with Crippen molar-refractivity contribution in [1.29, 1.82) is 0 Å². The number of ether oxygens (including phenoxy) is 2. The second-order valence-electron chi connectivity index (χ2n) is 10.0. The van der Waals surface area contributed by atoms with Gasteiger partial charge < -0.3 is 13.9 Å². The highest BCUT2D eigenvalue weighted by Gasteiger charge is 2.36. The van der Waals surface area contributed by atoms with E-state index in [2.05, 4.69) is 82.4 Å². The predicted octanol–water partition coefficient (Wildman–Crippen LogP) is 7.30. The lowest BCUT2D eigenvalue weighted by Gasteiger charge is -2.36. The van der Waals surface area contributed by atoms with Crippen molar-refractivity contribution < 1.29 is 13.9 Å². The monoisotopic (exact) mass is 442 g/mol. The molecule has 0 aliphatic carbocycles. The fourth-order valence-electron chi connectivity index (χ4n) is 3.65. The summed E-state index contributed by atoms with van der Waals surface area (Å²) in [6.07, 6.45) is 3.34. The van der Waals surface area contributed by atoms with E-state index in [4.69, 9.17) is 13.9 Å². The topological polar surface area (TPSA) is 27.7 Å². The summed E-state index contributed by atoms with van der Waals surface area (Å²) < 4.78 is 17.1. The Balaban J connectivity index is 2.12. The van der Waals surface area contributed by atoms with E-state index in [1.165, 1.54) is 22.3 Å². The molecule has 0 unspecified atom stereocenters. The molecule has 0 fully saturated rings. The average Bonchev–Trinajstić information content (AvgIpc) is 2.71. The van der Waals surface area contributed by atoms with Gasteiger partial charge >= 0.3 is 0 Å². The van der Waals surface area contributed by atoms with Crippen molar-refractivity contribution >= 4 is 8.32 Å². The van der Waals surface area contributed by atoms with Crippen LogP contribution < -0.4 is 0 Å². The summed E-state index contributed by atoms with van der Waals surface area (Å²) in [5.41, 5.74) is 5.16. The Morgan fingerprint density at radius 2 is 1.32 bits per heavy atom. The summed E-state index contributed by atoms with van der Waals surface area (Å²) in [5, 5.41) is 0.263. The summed E-state index contributed by atoms with van der Waals surface area (Å²) >= 11 is 0. The van der Waals surface area contributed by atoms with E-state index in [-0.39, 0.29) is 5.04 Å². The molecule has 0 bridgehead atoms. The molecule has 0 amide bonds. The van der Waals surface area contributed by atoms with Gasteiger partial charge in [0.1, 0.15) is 0 Å². The van der Waals surface area contributed by atoms with E-state index in [0.717, 1.165) is 25.9 Å². The molecule has 31 heavy (non-hydrogen) atoms. The van der Waals surface area contributed by atoms with Crippen LogP contribution in [0.4, 0.5) is 0 Å². The zero-order valence-corrected chi connectivity index (χ0v) is 21.7. The van der Waals surface area contributed by atoms with Gasteiger partial charge in [-0.05, 0) is 53.2 Å². The van der Waals surface area contributed by atoms with Crippen LogP contribution >= 0.6 is 0 Å². The van der Waals surface area contributed by atoms with E-state index < -0.39 is 8.32 Å². The first-order chi connectivity index (χ1) is 14.7. The minimum Gasteiger partial charge on any atom is -0.417 e. The Morgan fingerprint density at radius 3 is 1.77 bits per heavy atom. The molecule has 0 spiro atoms. The van der Waals surface area contributed by atoms with Crippen LogP contribution in [0.2, 0.25) is 18.1 Å². The second-order valence-corrected chi connectivity index (χ2v) is 14.8. The normalized spacial score (nSPS) is 12.5. The first-order valence-electron chi connectivity index (χ1n) is 11.5. The Kier molecular flexibility index (Phi) is 9.95. The van der Waals surface area contributed by atoms with Gasteiger partial charge in [0, 0.05) is 26.7 Å². The molecule has 0 saturated carbocycles. The average molecular weight is 443 g/mol. The molecule has 0 heterocycles. The van der Waals surface area contributed by atoms with Crippen molar-refractivity contribution in [2.45, 2.75) is 77.3 Å². The highest BCUT2D eigenvalue weighted by molar-refractivity contribution is 6.74. The Hall–Kier alpha value is -1.46. The molecule has 3 nitrogen and oxygen atoms in total. The molecule has 2 aromatic rings. The second kappa shape index (κ2) is 12.0. The fourth-order valence-corrected chi connectivity index (χ4v) is 4.74. The van der Waals surface area contributed by atoms with Gasteiger partial charge in [-0.3, -0.25) is 0 Å². The van der Waals surface area contributed by atoms with Gasteiger partial charge in [-0.25, -0.2) is 0 Å². The molecular formula is C27H42O3Si. The van der Waals surface area contributed by atoms with Crippen LogP contribution in [0.3, 0.4) is 0 Å². The largest absolute Gasteiger partial charge is 0.417 e. The van der Waals surface area contributed by atoms with E-state index in [9.17, 15) is 0 Å². The lowest BCUT2D eigenvalue weighted by atomic mass is 9.85. The van der Waals surface area contributed by atoms with E-state index in [0.29, 0.717) is 19.1 Å². The van der Waals surface area contributed by atoms with Gasteiger partial charge in [0.2, 0.25) is 0 Å². The zero-order valence-electron chi connectivity index (χ0n) is 20.7. The summed E-state index contributed by atoms with van der Waals surface area (Å²) in [6.45, 7) is 13.7. The predicted molar refractivity (Wildman–Crippen MR) is 133 cm³/mol. The summed E-state index contributed by atoms with van der Waals surface area (Å²) in [4.78, 5) is 0. The number of hydrogen-bond acceptors (Lipinski definition) is 3. The molecule has 0 atom stereocenters. The maximum absolute atomic E-state index is 6.40. The Bertz CT molecular complexity index is 746. The molecule has 0 aliphatic heterocycles. The fraction of sp³-hybridized carbons (Fsp3) is 0.556. The highest BCUT2D eigenvalue weighted by atomic mass is 28.4. The highest BCUT2D eigenvalue weighted by Crippen LogP contribution is 2.37. The van der Waals surface area contributed by atoms with Crippen LogP contribution in [0, 0.1) is 0 Å². The third-order valence-electron chi connectivity index (χ3n) is 6.49. The minimum absolute atomic E-state index is 0.263. The number of unbranched alkanes of at least 4 members (excludes halogenated alkanes) is 1. The van der Waals surface area contributed by atoms with Crippen LogP contribution in [0.25, 0.3) is 0 Å². The molecule has 0 aliphatic rings. The van der Waals surface area contributed by atoms with Gasteiger partial charge in [0.15, 0.2) is 8.32 Å². The van der Waals surface area contributed by atoms with Gasteiger partial charge in [-0.1, -0.05) is 75.7 Å². The maximum atomic E-state index is 6.40. The molecule has 2 rings (SSSR count). The molecule has 0 saturated heterocycles. The summed E-state index contributed by atoms with van der Waals surface area (Å²) in [5.74, 6) is 0.362. The lowest BCUT2D eigenvalue weighted by Crippen LogP contribution is -2.40. The van der Waals surface area contributed by atoms with Crippen molar-refractivity contribution in [3.8, 4) is 0 Å².